The number of aryl methyl sites for hydroxylation is 2. The Balaban J connectivity index is 1.56. The van der Waals surface area contributed by atoms with Crippen LogP contribution in [-0.4, -0.2) is 25.9 Å². The molecule has 2 aromatic heterocycles. The van der Waals surface area contributed by atoms with Gasteiger partial charge in [0.15, 0.2) is 11.0 Å². The Morgan fingerprint density at radius 3 is 2.66 bits per heavy atom. The zero-order valence-electron chi connectivity index (χ0n) is 17.9. The van der Waals surface area contributed by atoms with Gasteiger partial charge in [0.2, 0.25) is 5.91 Å². The lowest BCUT2D eigenvalue weighted by atomic mass is 10.1. The van der Waals surface area contributed by atoms with E-state index in [0.717, 1.165) is 12.8 Å². The van der Waals surface area contributed by atoms with Crippen molar-refractivity contribution in [1.82, 2.24) is 14.7 Å². The van der Waals surface area contributed by atoms with Crippen LogP contribution < -0.4 is 10.9 Å². The number of nitrogens with zero attached hydrogens (tertiary/aromatic N) is 3. The largest absolute Gasteiger partial charge is 0.360 e. The number of nitrogens with one attached hydrogen (secondary N) is 1. The van der Waals surface area contributed by atoms with Gasteiger partial charge in [-0.2, -0.15) is 0 Å². The molecule has 1 amide bonds. The molecule has 0 spiro atoms. The average molecular weight is 449 g/mol. The van der Waals surface area contributed by atoms with Crippen molar-refractivity contribution >= 4 is 34.4 Å². The SMILES string of the molecule is Cc1cc(NC(=O)C(C)Sc2nc3ccccc3c(=O)n2CCCc2ccccc2)no1. The van der Waals surface area contributed by atoms with E-state index in [9.17, 15) is 9.59 Å². The highest BCUT2D eigenvalue weighted by Crippen LogP contribution is 2.24. The summed E-state index contributed by atoms with van der Waals surface area (Å²) in [6.07, 6.45) is 1.64. The second kappa shape index (κ2) is 9.82. The second-order valence-electron chi connectivity index (χ2n) is 7.53. The van der Waals surface area contributed by atoms with E-state index in [1.807, 2.05) is 36.4 Å². The summed E-state index contributed by atoms with van der Waals surface area (Å²) in [5.74, 6) is 0.747. The Bertz CT molecular complexity index is 1280. The first kappa shape index (κ1) is 21.8. The molecule has 1 unspecified atom stereocenters. The van der Waals surface area contributed by atoms with Crippen LogP contribution in [0, 0.1) is 6.92 Å². The number of carbonyl (C=O) groups is 1. The van der Waals surface area contributed by atoms with E-state index in [-0.39, 0.29) is 11.5 Å². The lowest BCUT2D eigenvalue weighted by Gasteiger charge is -2.16. The van der Waals surface area contributed by atoms with Gasteiger partial charge in [-0.25, -0.2) is 4.98 Å². The first-order valence-electron chi connectivity index (χ1n) is 10.5. The molecule has 1 N–H and O–H groups in total. The minimum absolute atomic E-state index is 0.0918. The van der Waals surface area contributed by atoms with E-state index in [1.165, 1.54) is 17.3 Å². The fourth-order valence-electron chi connectivity index (χ4n) is 3.39. The Kier molecular flexibility index (Phi) is 6.70. The lowest BCUT2D eigenvalue weighted by Crippen LogP contribution is -2.27. The molecule has 4 rings (SSSR count). The fourth-order valence-corrected chi connectivity index (χ4v) is 4.32. The van der Waals surface area contributed by atoms with Gasteiger partial charge in [0.25, 0.3) is 5.56 Å². The summed E-state index contributed by atoms with van der Waals surface area (Å²) in [4.78, 5) is 30.6. The van der Waals surface area contributed by atoms with Gasteiger partial charge < -0.3 is 9.84 Å². The lowest BCUT2D eigenvalue weighted by molar-refractivity contribution is -0.115. The van der Waals surface area contributed by atoms with Crippen LogP contribution in [-0.2, 0) is 17.8 Å². The number of aromatic nitrogens is 3. The molecule has 0 aliphatic carbocycles. The standard InChI is InChI=1S/C24H24N4O3S/c1-16-15-21(27-31-16)26-22(29)17(2)32-24-25-20-13-7-6-12-19(20)23(30)28(24)14-8-11-18-9-4-3-5-10-18/h3-7,9-10,12-13,15,17H,8,11,14H2,1-2H3,(H,26,27,29). The predicted octanol–water partition coefficient (Wildman–Crippen LogP) is 4.45. The number of benzene rings is 2. The summed E-state index contributed by atoms with van der Waals surface area (Å²) < 4.78 is 6.68. The molecule has 0 bridgehead atoms. The highest BCUT2D eigenvalue weighted by Gasteiger charge is 2.20. The topological polar surface area (TPSA) is 90.0 Å². The van der Waals surface area contributed by atoms with Crippen LogP contribution in [0.4, 0.5) is 5.82 Å². The third-order valence-electron chi connectivity index (χ3n) is 5.05. The summed E-state index contributed by atoms with van der Waals surface area (Å²) in [6.45, 7) is 4.06. The number of anilines is 1. The van der Waals surface area contributed by atoms with Gasteiger partial charge in [-0.05, 0) is 44.4 Å². The Morgan fingerprint density at radius 2 is 1.91 bits per heavy atom. The maximum atomic E-state index is 13.2. The molecule has 0 saturated carbocycles. The summed E-state index contributed by atoms with van der Waals surface area (Å²) in [6, 6.07) is 19.1. The Morgan fingerprint density at radius 1 is 1.16 bits per heavy atom. The Labute approximate surface area is 189 Å². The first-order valence-corrected chi connectivity index (χ1v) is 11.3. The third-order valence-corrected chi connectivity index (χ3v) is 6.14. The molecular weight excluding hydrogens is 424 g/mol. The van der Waals surface area contributed by atoms with Crippen molar-refractivity contribution in [2.45, 2.75) is 43.6 Å². The molecule has 2 heterocycles. The number of carbonyl (C=O) groups excluding carboxylic acids is 1. The summed E-state index contributed by atoms with van der Waals surface area (Å²) in [5.41, 5.74) is 1.75. The first-order chi connectivity index (χ1) is 15.5. The monoisotopic (exact) mass is 448 g/mol. The van der Waals surface area contributed by atoms with E-state index in [1.54, 1.807) is 30.5 Å². The minimum atomic E-state index is -0.486. The van der Waals surface area contributed by atoms with Crippen molar-refractivity contribution in [3.63, 3.8) is 0 Å². The van der Waals surface area contributed by atoms with Crippen molar-refractivity contribution in [2.75, 3.05) is 5.32 Å². The maximum absolute atomic E-state index is 13.2. The molecule has 164 valence electrons. The van der Waals surface area contributed by atoms with Crippen molar-refractivity contribution in [2.24, 2.45) is 0 Å². The average Bonchev–Trinajstić information content (AvgIpc) is 3.21. The molecule has 2 aromatic carbocycles. The van der Waals surface area contributed by atoms with Gasteiger partial charge in [0, 0.05) is 12.6 Å². The number of hydrogen-bond donors (Lipinski definition) is 1. The number of hydrogen-bond acceptors (Lipinski definition) is 6. The van der Waals surface area contributed by atoms with E-state index in [2.05, 4.69) is 22.6 Å². The van der Waals surface area contributed by atoms with E-state index in [4.69, 9.17) is 9.51 Å². The summed E-state index contributed by atoms with van der Waals surface area (Å²) in [5, 5.41) is 7.16. The van der Waals surface area contributed by atoms with Gasteiger partial charge >= 0.3 is 0 Å². The second-order valence-corrected chi connectivity index (χ2v) is 8.84. The molecule has 8 heteroatoms. The highest BCUT2D eigenvalue weighted by atomic mass is 32.2. The molecule has 0 aliphatic rings. The fraction of sp³-hybridized carbons (Fsp3) is 0.250. The minimum Gasteiger partial charge on any atom is -0.360 e. The van der Waals surface area contributed by atoms with Gasteiger partial charge in [-0.1, -0.05) is 59.4 Å². The van der Waals surface area contributed by atoms with Crippen LogP contribution in [0.5, 0.6) is 0 Å². The molecule has 1 atom stereocenters. The van der Waals surface area contributed by atoms with E-state index in [0.29, 0.717) is 34.2 Å². The zero-order chi connectivity index (χ0) is 22.5. The van der Waals surface area contributed by atoms with E-state index >= 15 is 0 Å². The van der Waals surface area contributed by atoms with Crippen LogP contribution in [0.15, 0.2) is 75.1 Å². The van der Waals surface area contributed by atoms with Crippen LogP contribution in [0.25, 0.3) is 10.9 Å². The smallest absolute Gasteiger partial charge is 0.262 e. The van der Waals surface area contributed by atoms with Crippen molar-refractivity contribution in [3.05, 3.63) is 82.3 Å². The molecule has 7 nitrogen and oxygen atoms in total. The summed E-state index contributed by atoms with van der Waals surface area (Å²) >= 11 is 1.26. The molecule has 4 aromatic rings. The highest BCUT2D eigenvalue weighted by molar-refractivity contribution is 8.00. The Hall–Kier alpha value is -3.39. The predicted molar refractivity (Wildman–Crippen MR) is 126 cm³/mol. The third kappa shape index (κ3) is 5.08. The zero-order valence-corrected chi connectivity index (χ0v) is 18.8. The molecule has 0 aliphatic heterocycles. The molecule has 32 heavy (non-hydrogen) atoms. The van der Waals surface area contributed by atoms with Crippen molar-refractivity contribution in [1.29, 1.82) is 0 Å². The van der Waals surface area contributed by atoms with Crippen LogP contribution >= 0.6 is 11.8 Å². The number of rotatable bonds is 8. The van der Waals surface area contributed by atoms with Gasteiger partial charge in [0.1, 0.15) is 5.76 Å². The van der Waals surface area contributed by atoms with Gasteiger partial charge in [0.05, 0.1) is 16.2 Å². The van der Waals surface area contributed by atoms with Crippen molar-refractivity contribution in [3.8, 4) is 0 Å². The molecule has 0 saturated heterocycles. The van der Waals surface area contributed by atoms with E-state index < -0.39 is 5.25 Å². The quantitative estimate of drug-likeness (QED) is 0.316. The van der Waals surface area contributed by atoms with Gasteiger partial charge in [-0.15, -0.1) is 0 Å². The van der Waals surface area contributed by atoms with Crippen LogP contribution in [0.2, 0.25) is 0 Å². The number of para-hydroxylation sites is 1. The molecule has 0 radical (unpaired) electrons. The number of amides is 1. The van der Waals surface area contributed by atoms with Crippen LogP contribution in [0.3, 0.4) is 0 Å². The van der Waals surface area contributed by atoms with Gasteiger partial charge in [-0.3, -0.25) is 14.2 Å². The normalized spacial score (nSPS) is 12.1. The number of thioether (sulfide) groups is 1. The molecule has 0 fully saturated rings. The maximum Gasteiger partial charge on any atom is 0.262 e. The van der Waals surface area contributed by atoms with Crippen molar-refractivity contribution < 1.29 is 9.32 Å². The molecular formula is C24H24N4O3S. The summed E-state index contributed by atoms with van der Waals surface area (Å²) in [7, 11) is 0. The number of fused-ring (bicyclic) bond motifs is 1. The van der Waals surface area contributed by atoms with Crippen LogP contribution in [0.1, 0.15) is 24.7 Å².